The molecule has 2 amide bonds. The molecular formula is C19H19FN2O2. The Morgan fingerprint density at radius 1 is 1.21 bits per heavy atom. The molecule has 0 saturated heterocycles. The molecule has 5 heteroatoms. The lowest BCUT2D eigenvalue weighted by atomic mass is 10.1. The minimum absolute atomic E-state index is 0.0100. The van der Waals surface area contributed by atoms with Gasteiger partial charge >= 0.3 is 0 Å². The molecule has 3 rings (SSSR count). The van der Waals surface area contributed by atoms with Gasteiger partial charge in [0, 0.05) is 31.3 Å². The quantitative estimate of drug-likeness (QED) is 0.939. The fraction of sp³-hybridized carbons (Fsp3) is 0.263. The van der Waals surface area contributed by atoms with E-state index in [1.54, 1.807) is 36.1 Å². The standard InChI is InChI=1S/C19H19FN2O2/c1-13(23)22-11-9-15-12-16(6-7-18(15)22)19(24)21-10-8-14-4-2-3-5-17(14)20/h2-7,12H,8-11H2,1H3,(H,21,24). The normalized spacial score (nSPS) is 12.8. The summed E-state index contributed by atoms with van der Waals surface area (Å²) in [5.41, 5.74) is 3.04. The number of nitrogens with zero attached hydrogens (tertiary/aromatic N) is 1. The maximum atomic E-state index is 13.5. The van der Waals surface area contributed by atoms with Gasteiger partial charge < -0.3 is 10.2 Å². The van der Waals surface area contributed by atoms with Gasteiger partial charge in [-0.1, -0.05) is 18.2 Å². The van der Waals surface area contributed by atoms with E-state index in [0.717, 1.165) is 17.7 Å². The SMILES string of the molecule is CC(=O)N1CCc2cc(C(=O)NCCc3ccccc3F)ccc21. The zero-order chi connectivity index (χ0) is 17.1. The summed E-state index contributed by atoms with van der Waals surface area (Å²) in [5.74, 6) is -0.431. The van der Waals surface area contributed by atoms with Crippen LogP contribution in [0.15, 0.2) is 42.5 Å². The smallest absolute Gasteiger partial charge is 0.251 e. The molecule has 1 aliphatic heterocycles. The van der Waals surface area contributed by atoms with Gasteiger partial charge in [-0.2, -0.15) is 0 Å². The van der Waals surface area contributed by atoms with Gasteiger partial charge in [-0.15, -0.1) is 0 Å². The first-order valence-electron chi connectivity index (χ1n) is 7.99. The largest absolute Gasteiger partial charge is 0.352 e. The number of hydrogen-bond acceptors (Lipinski definition) is 2. The molecular weight excluding hydrogens is 307 g/mol. The summed E-state index contributed by atoms with van der Waals surface area (Å²) in [5, 5.41) is 2.81. The first-order valence-corrected chi connectivity index (χ1v) is 7.99. The molecule has 0 radical (unpaired) electrons. The van der Waals surface area contributed by atoms with Crippen LogP contribution < -0.4 is 10.2 Å². The number of halogens is 1. The molecule has 124 valence electrons. The van der Waals surface area contributed by atoms with Crippen molar-refractivity contribution >= 4 is 17.5 Å². The van der Waals surface area contributed by atoms with E-state index in [1.807, 2.05) is 12.1 Å². The van der Waals surface area contributed by atoms with Gasteiger partial charge in [-0.3, -0.25) is 9.59 Å². The van der Waals surface area contributed by atoms with Crippen molar-refractivity contribution in [2.75, 3.05) is 18.0 Å². The molecule has 0 spiro atoms. The zero-order valence-corrected chi connectivity index (χ0v) is 13.5. The summed E-state index contributed by atoms with van der Waals surface area (Å²) in [7, 11) is 0. The molecule has 0 aromatic heterocycles. The highest BCUT2D eigenvalue weighted by Crippen LogP contribution is 2.28. The Labute approximate surface area is 140 Å². The highest BCUT2D eigenvalue weighted by Gasteiger charge is 2.23. The van der Waals surface area contributed by atoms with E-state index in [9.17, 15) is 14.0 Å². The molecule has 0 saturated carbocycles. The molecule has 2 aromatic carbocycles. The van der Waals surface area contributed by atoms with Gasteiger partial charge in [0.25, 0.3) is 5.91 Å². The molecule has 1 N–H and O–H groups in total. The predicted octanol–water partition coefficient (Wildman–Crippen LogP) is 2.71. The first-order chi connectivity index (χ1) is 11.6. The highest BCUT2D eigenvalue weighted by atomic mass is 19.1. The average Bonchev–Trinajstić information content (AvgIpc) is 2.99. The Balaban J connectivity index is 1.62. The van der Waals surface area contributed by atoms with E-state index in [4.69, 9.17) is 0 Å². The number of anilines is 1. The Kier molecular flexibility index (Phi) is 4.60. The summed E-state index contributed by atoms with van der Waals surface area (Å²) in [6.07, 6.45) is 1.20. The fourth-order valence-corrected chi connectivity index (χ4v) is 2.98. The van der Waals surface area contributed by atoms with Crippen molar-refractivity contribution in [2.24, 2.45) is 0 Å². The Morgan fingerprint density at radius 3 is 2.75 bits per heavy atom. The van der Waals surface area contributed by atoms with Gasteiger partial charge in [-0.25, -0.2) is 4.39 Å². The van der Waals surface area contributed by atoms with E-state index in [0.29, 0.717) is 30.6 Å². The second-order valence-electron chi connectivity index (χ2n) is 5.86. The second kappa shape index (κ2) is 6.83. The number of benzene rings is 2. The third kappa shape index (κ3) is 3.30. The van der Waals surface area contributed by atoms with Gasteiger partial charge in [0.1, 0.15) is 5.82 Å². The lowest BCUT2D eigenvalue weighted by Crippen LogP contribution is -2.26. The van der Waals surface area contributed by atoms with E-state index in [1.165, 1.54) is 6.07 Å². The predicted molar refractivity (Wildman–Crippen MR) is 90.6 cm³/mol. The third-order valence-electron chi connectivity index (χ3n) is 4.26. The van der Waals surface area contributed by atoms with Crippen LogP contribution in [-0.4, -0.2) is 24.9 Å². The van der Waals surface area contributed by atoms with E-state index < -0.39 is 0 Å². The molecule has 1 aliphatic rings. The van der Waals surface area contributed by atoms with Crippen LogP contribution in [0.5, 0.6) is 0 Å². The number of carbonyl (C=O) groups is 2. The van der Waals surface area contributed by atoms with Crippen LogP contribution >= 0.6 is 0 Å². The minimum atomic E-state index is -0.256. The fourth-order valence-electron chi connectivity index (χ4n) is 2.98. The van der Waals surface area contributed by atoms with Crippen LogP contribution in [0.25, 0.3) is 0 Å². The molecule has 0 atom stereocenters. The van der Waals surface area contributed by atoms with Crippen LogP contribution in [-0.2, 0) is 17.6 Å². The van der Waals surface area contributed by atoms with Crippen molar-refractivity contribution in [1.82, 2.24) is 5.32 Å². The summed E-state index contributed by atoms with van der Waals surface area (Å²) >= 11 is 0. The van der Waals surface area contributed by atoms with Crippen LogP contribution in [0.2, 0.25) is 0 Å². The van der Waals surface area contributed by atoms with Gasteiger partial charge in [-0.05, 0) is 48.2 Å². The van der Waals surface area contributed by atoms with Crippen LogP contribution in [0.4, 0.5) is 10.1 Å². The van der Waals surface area contributed by atoms with Crippen molar-refractivity contribution in [3.8, 4) is 0 Å². The van der Waals surface area contributed by atoms with E-state index in [-0.39, 0.29) is 17.6 Å². The molecule has 0 fully saturated rings. The highest BCUT2D eigenvalue weighted by molar-refractivity contribution is 5.97. The topological polar surface area (TPSA) is 49.4 Å². The average molecular weight is 326 g/mol. The molecule has 0 bridgehead atoms. The lowest BCUT2D eigenvalue weighted by Gasteiger charge is -2.14. The van der Waals surface area contributed by atoms with Gasteiger partial charge in [0.15, 0.2) is 0 Å². The van der Waals surface area contributed by atoms with Crippen LogP contribution in [0.3, 0.4) is 0 Å². The molecule has 2 aromatic rings. The molecule has 24 heavy (non-hydrogen) atoms. The Morgan fingerprint density at radius 2 is 2.00 bits per heavy atom. The molecule has 1 heterocycles. The molecule has 4 nitrogen and oxygen atoms in total. The van der Waals surface area contributed by atoms with Crippen molar-refractivity contribution in [3.05, 3.63) is 65.0 Å². The second-order valence-corrected chi connectivity index (χ2v) is 5.86. The van der Waals surface area contributed by atoms with Gasteiger partial charge in [0.05, 0.1) is 0 Å². The van der Waals surface area contributed by atoms with Crippen LogP contribution in [0.1, 0.15) is 28.4 Å². The van der Waals surface area contributed by atoms with E-state index in [2.05, 4.69) is 5.32 Å². The number of hydrogen-bond donors (Lipinski definition) is 1. The monoisotopic (exact) mass is 326 g/mol. The van der Waals surface area contributed by atoms with Crippen molar-refractivity contribution < 1.29 is 14.0 Å². The molecule has 0 unspecified atom stereocenters. The number of rotatable bonds is 4. The number of carbonyl (C=O) groups excluding carboxylic acids is 2. The minimum Gasteiger partial charge on any atom is -0.352 e. The zero-order valence-electron chi connectivity index (χ0n) is 13.5. The third-order valence-corrected chi connectivity index (χ3v) is 4.26. The Hall–Kier alpha value is -2.69. The lowest BCUT2D eigenvalue weighted by molar-refractivity contribution is -0.116. The van der Waals surface area contributed by atoms with Crippen molar-refractivity contribution in [1.29, 1.82) is 0 Å². The van der Waals surface area contributed by atoms with Crippen molar-refractivity contribution in [3.63, 3.8) is 0 Å². The summed E-state index contributed by atoms with van der Waals surface area (Å²) < 4.78 is 13.5. The number of fused-ring (bicyclic) bond motifs is 1. The van der Waals surface area contributed by atoms with Crippen LogP contribution in [0, 0.1) is 5.82 Å². The molecule has 0 aliphatic carbocycles. The summed E-state index contributed by atoms with van der Waals surface area (Å²) in [4.78, 5) is 25.5. The Bertz CT molecular complexity index is 789. The van der Waals surface area contributed by atoms with Gasteiger partial charge in [0.2, 0.25) is 5.91 Å². The van der Waals surface area contributed by atoms with Crippen molar-refractivity contribution in [2.45, 2.75) is 19.8 Å². The first kappa shape index (κ1) is 16.2. The number of nitrogens with one attached hydrogen (secondary N) is 1. The summed E-state index contributed by atoms with van der Waals surface area (Å²) in [6, 6.07) is 11.9. The number of amides is 2. The van der Waals surface area contributed by atoms with E-state index >= 15 is 0 Å². The maximum Gasteiger partial charge on any atom is 0.251 e. The maximum absolute atomic E-state index is 13.5. The summed E-state index contributed by atoms with van der Waals surface area (Å²) in [6.45, 7) is 2.57.